The zero-order chi connectivity index (χ0) is 26.4. The monoisotopic (exact) mass is 506 g/mol. The van der Waals surface area contributed by atoms with Crippen LogP contribution in [0, 0.1) is 11.3 Å². The first-order chi connectivity index (χ1) is 17.8. The molecule has 1 heterocycles. The lowest BCUT2D eigenvalue weighted by atomic mass is 9.75. The molecule has 1 saturated carbocycles. The van der Waals surface area contributed by atoms with Gasteiger partial charge in [-0.2, -0.15) is 0 Å². The van der Waals surface area contributed by atoms with Gasteiger partial charge in [-0.3, -0.25) is 24.1 Å². The molecule has 1 aliphatic heterocycles. The van der Waals surface area contributed by atoms with Crippen molar-refractivity contribution in [3.8, 4) is 0 Å². The topological polar surface area (TPSA) is 124 Å². The minimum Gasteiger partial charge on any atom is -0.481 e. The van der Waals surface area contributed by atoms with E-state index in [1.807, 2.05) is 42.5 Å². The normalized spacial score (nSPS) is 19.5. The van der Waals surface area contributed by atoms with Crippen molar-refractivity contribution in [2.45, 2.75) is 63.8 Å². The van der Waals surface area contributed by atoms with Gasteiger partial charge in [0.15, 0.2) is 0 Å². The lowest BCUT2D eigenvalue weighted by molar-refractivity contribution is -0.145. The van der Waals surface area contributed by atoms with Gasteiger partial charge in [0, 0.05) is 5.69 Å². The third-order valence-corrected chi connectivity index (χ3v) is 7.80. The van der Waals surface area contributed by atoms with Crippen LogP contribution in [0.1, 0.15) is 56.1 Å². The number of para-hydroxylation sites is 1. The molecular formula is C29H34N2O6. The van der Waals surface area contributed by atoms with Crippen molar-refractivity contribution in [3.05, 3.63) is 65.7 Å². The number of nitrogens with zero attached hydrogens (tertiary/aromatic N) is 1. The summed E-state index contributed by atoms with van der Waals surface area (Å²) in [6.45, 7) is -0.492. The molecule has 2 aromatic carbocycles. The Balaban J connectivity index is 1.51. The number of aliphatic carboxylic acids is 2. The van der Waals surface area contributed by atoms with Gasteiger partial charge in [0.05, 0.1) is 11.3 Å². The van der Waals surface area contributed by atoms with E-state index >= 15 is 0 Å². The largest absolute Gasteiger partial charge is 0.481 e. The van der Waals surface area contributed by atoms with Gasteiger partial charge in [-0.25, -0.2) is 0 Å². The highest BCUT2D eigenvalue weighted by Crippen LogP contribution is 2.44. The lowest BCUT2D eigenvalue weighted by Crippen LogP contribution is -2.53. The molecule has 2 aliphatic rings. The van der Waals surface area contributed by atoms with Crippen molar-refractivity contribution >= 4 is 29.4 Å². The Kier molecular flexibility index (Phi) is 8.26. The number of aryl methyl sites for hydroxylation is 2. The summed E-state index contributed by atoms with van der Waals surface area (Å²) in [5.74, 6) is -3.47. The Morgan fingerprint density at radius 2 is 1.68 bits per heavy atom. The van der Waals surface area contributed by atoms with Gasteiger partial charge in [0.25, 0.3) is 0 Å². The first-order valence-corrected chi connectivity index (χ1v) is 13.0. The van der Waals surface area contributed by atoms with Gasteiger partial charge in [-0.05, 0) is 62.1 Å². The van der Waals surface area contributed by atoms with Crippen LogP contribution in [0.3, 0.4) is 0 Å². The maximum atomic E-state index is 13.7. The molecule has 1 aliphatic carbocycles. The van der Waals surface area contributed by atoms with Crippen LogP contribution in [0.25, 0.3) is 0 Å². The highest BCUT2D eigenvalue weighted by atomic mass is 16.4. The van der Waals surface area contributed by atoms with E-state index in [0.717, 1.165) is 24.0 Å². The standard InChI is InChI=1S/C29H34N2O6/c32-25(33)19-31-24-11-5-4-10-21(24)14-15-23(26(31)34)30-28(37)29(16-6-7-17-29)18-22(27(35)36)13-12-20-8-2-1-3-9-20/h1-5,8-11,22-23H,6-7,12-19H2,(H,30,37)(H,32,33)(H,35,36)/t22-,23+/m1/s1. The highest BCUT2D eigenvalue weighted by molar-refractivity contribution is 6.03. The molecule has 0 spiro atoms. The number of carbonyl (C=O) groups excluding carboxylic acids is 2. The Morgan fingerprint density at radius 1 is 1.00 bits per heavy atom. The Hall–Kier alpha value is -3.68. The average molecular weight is 507 g/mol. The molecule has 37 heavy (non-hydrogen) atoms. The minimum absolute atomic E-state index is 0.223. The summed E-state index contributed by atoms with van der Waals surface area (Å²) >= 11 is 0. The molecule has 8 heteroatoms. The van der Waals surface area contributed by atoms with Gasteiger partial charge >= 0.3 is 11.9 Å². The van der Waals surface area contributed by atoms with Crippen molar-refractivity contribution in [1.82, 2.24) is 5.32 Å². The van der Waals surface area contributed by atoms with E-state index in [2.05, 4.69) is 5.32 Å². The second-order valence-corrected chi connectivity index (χ2v) is 10.3. The zero-order valence-electron chi connectivity index (χ0n) is 20.9. The third-order valence-electron chi connectivity index (χ3n) is 7.80. The fourth-order valence-corrected chi connectivity index (χ4v) is 5.81. The number of fused-ring (bicyclic) bond motifs is 1. The van der Waals surface area contributed by atoms with Crippen LogP contribution in [0.2, 0.25) is 0 Å². The number of nitrogens with one attached hydrogen (secondary N) is 1. The fraction of sp³-hybridized carbons (Fsp3) is 0.448. The van der Waals surface area contributed by atoms with Crippen LogP contribution in [0.4, 0.5) is 5.69 Å². The molecule has 0 saturated heterocycles. The molecule has 0 bridgehead atoms. The summed E-state index contributed by atoms with van der Waals surface area (Å²) in [7, 11) is 0. The average Bonchev–Trinajstić information content (AvgIpc) is 3.33. The van der Waals surface area contributed by atoms with Crippen LogP contribution in [-0.2, 0) is 32.0 Å². The van der Waals surface area contributed by atoms with Crippen molar-refractivity contribution in [2.24, 2.45) is 11.3 Å². The molecule has 1 fully saturated rings. The number of carbonyl (C=O) groups is 4. The summed E-state index contributed by atoms with van der Waals surface area (Å²) in [4.78, 5) is 52.1. The minimum atomic E-state index is -1.13. The number of anilines is 1. The molecule has 4 rings (SSSR count). The molecule has 3 N–H and O–H groups in total. The number of carboxylic acids is 2. The maximum Gasteiger partial charge on any atom is 0.323 e. The van der Waals surface area contributed by atoms with Gasteiger partial charge in [0.1, 0.15) is 12.6 Å². The number of amides is 2. The summed E-state index contributed by atoms with van der Waals surface area (Å²) < 4.78 is 0. The van der Waals surface area contributed by atoms with Crippen LogP contribution >= 0.6 is 0 Å². The summed E-state index contributed by atoms with van der Waals surface area (Å²) in [6.07, 6.45) is 4.94. The molecule has 0 unspecified atom stereocenters. The summed E-state index contributed by atoms with van der Waals surface area (Å²) in [5.41, 5.74) is 1.61. The predicted octanol–water partition coefficient (Wildman–Crippen LogP) is 3.82. The smallest absolute Gasteiger partial charge is 0.323 e. The predicted molar refractivity (Wildman–Crippen MR) is 138 cm³/mol. The Morgan fingerprint density at radius 3 is 2.35 bits per heavy atom. The molecule has 2 atom stereocenters. The van der Waals surface area contributed by atoms with E-state index in [1.54, 1.807) is 12.1 Å². The second kappa shape index (κ2) is 11.6. The quantitative estimate of drug-likeness (QED) is 0.450. The molecular weight excluding hydrogens is 472 g/mol. The Labute approximate surface area is 216 Å². The van der Waals surface area contributed by atoms with E-state index in [1.165, 1.54) is 4.90 Å². The van der Waals surface area contributed by atoms with Crippen LogP contribution in [0.5, 0.6) is 0 Å². The van der Waals surface area contributed by atoms with Crippen molar-refractivity contribution in [2.75, 3.05) is 11.4 Å². The van der Waals surface area contributed by atoms with Gasteiger partial charge in [0.2, 0.25) is 11.8 Å². The molecule has 8 nitrogen and oxygen atoms in total. The van der Waals surface area contributed by atoms with Crippen molar-refractivity contribution in [3.63, 3.8) is 0 Å². The molecule has 0 aromatic heterocycles. The van der Waals surface area contributed by atoms with Crippen LogP contribution < -0.4 is 10.2 Å². The van der Waals surface area contributed by atoms with Gasteiger partial charge < -0.3 is 15.5 Å². The van der Waals surface area contributed by atoms with E-state index < -0.39 is 41.8 Å². The van der Waals surface area contributed by atoms with E-state index in [-0.39, 0.29) is 12.3 Å². The number of rotatable bonds is 10. The molecule has 2 amide bonds. The number of hydrogen-bond donors (Lipinski definition) is 3. The number of carboxylic acid groups (broad SMARTS) is 2. The van der Waals surface area contributed by atoms with E-state index in [9.17, 15) is 29.4 Å². The van der Waals surface area contributed by atoms with Gasteiger partial charge in [-0.1, -0.05) is 61.4 Å². The van der Waals surface area contributed by atoms with Gasteiger partial charge in [-0.15, -0.1) is 0 Å². The van der Waals surface area contributed by atoms with Crippen LogP contribution in [0.15, 0.2) is 54.6 Å². The van der Waals surface area contributed by atoms with Crippen molar-refractivity contribution in [1.29, 1.82) is 0 Å². The number of hydrogen-bond acceptors (Lipinski definition) is 4. The molecule has 0 radical (unpaired) electrons. The zero-order valence-corrected chi connectivity index (χ0v) is 20.9. The Bertz CT molecular complexity index is 1140. The summed E-state index contributed by atoms with van der Waals surface area (Å²) in [5, 5.41) is 22.3. The van der Waals surface area contributed by atoms with Crippen LogP contribution in [-0.4, -0.2) is 46.6 Å². The SMILES string of the molecule is O=C(O)CN1C(=O)[C@@H](NC(=O)C2(C[C@@H](CCc3ccccc3)C(=O)O)CCCC2)CCc2ccccc21. The maximum absolute atomic E-state index is 13.7. The highest BCUT2D eigenvalue weighted by Gasteiger charge is 2.45. The lowest BCUT2D eigenvalue weighted by Gasteiger charge is -2.33. The fourth-order valence-electron chi connectivity index (χ4n) is 5.81. The van der Waals surface area contributed by atoms with Crippen molar-refractivity contribution < 1.29 is 29.4 Å². The van der Waals surface area contributed by atoms with E-state index in [0.29, 0.717) is 44.2 Å². The number of benzene rings is 2. The van der Waals surface area contributed by atoms with E-state index in [4.69, 9.17) is 0 Å². The first kappa shape index (κ1) is 26.4. The molecule has 2 aromatic rings. The third kappa shape index (κ3) is 6.18. The first-order valence-electron chi connectivity index (χ1n) is 13.0. The summed E-state index contributed by atoms with van der Waals surface area (Å²) in [6, 6.07) is 16.0. The second-order valence-electron chi connectivity index (χ2n) is 10.3. The molecule has 196 valence electrons.